The quantitative estimate of drug-likeness (QED) is 0.121. The van der Waals surface area contributed by atoms with Crippen molar-refractivity contribution in [1.29, 1.82) is 0 Å². The summed E-state index contributed by atoms with van der Waals surface area (Å²) in [5.41, 5.74) is 1.76. The maximum atomic E-state index is 14.0. The smallest absolute Gasteiger partial charge is 0.408 e. The Labute approximate surface area is 435 Å². The van der Waals surface area contributed by atoms with Crippen molar-refractivity contribution in [2.45, 2.75) is 71.7 Å². The molecule has 0 saturated heterocycles. The van der Waals surface area contributed by atoms with Crippen molar-refractivity contribution in [2.24, 2.45) is 0 Å². The van der Waals surface area contributed by atoms with Crippen molar-refractivity contribution in [1.82, 2.24) is 19.2 Å². The predicted molar refractivity (Wildman–Crippen MR) is 264 cm³/mol. The molecule has 74 heavy (non-hydrogen) atoms. The lowest BCUT2D eigenvalue weighted by Crippen LogP contribution is -2.60. The van der Waals surface area contributed by atoms with Crippen molar-refractivity contribution in [2.75, 3.05) is 30.0 Å². The van der Waals surface area contributed by atoms with Crippen LogP contribution in [0.15, 0.2) is 129 Å². The van der Waals surface area contributed by atoms with Crippen LogP contribution < -0.4 is 25.6 Å². The molecule has 0 unspecified atom stereocenters. The van der Waals surface area contributed by atoms with E-state index in [9.17, 15) is 60.5 Å². The Morgan fingerprint density at radius 3 is 1.51 bits per heavy atom. The van der Waals surface area contributed by atoms with E-state index in [1.54, 1.807) is 47.1 Å². The van der Waals surface area contributed by atoms with Crippen molar-refractivity contribution in [3.63, 3.8) is 0 Å². The zero-order valence-electron chi connectivity index (χ0n) is 38.6. The molecule has 386 valence electrons. The number of hydrogen-bond acceptors (Lipinski definition) is 12. The molecule has 4 aliphatic rings. The Morgan fingerprint density at radius 1 is 0.635 bits per heavy atom. The number of fused-ring (bicyclic) bond motifs is 6. The standard InChI is InChI=1S/C26H21ClF3N3O5S.C24H19ClF3N3O3S/c1-14(26(28,29)30)31-13-33(32-10-9-19(35)24(23(32)25(31)37)38-21(36)11-34)22-15-6-4-7-18(27)17(15)12-39-20-8-3-2-5-16(20)22;1-13(24(26,27)28)29-12-31(30-10-9-18(32)22(33)21(30)23(29)34)20-14-6-4-7-17(25)16(14)11-35-19-8-3-2-5-15(19)20/h2-10,14,22,34H,11-13H2,1H3;2-10,13,20,33H,11-12H2,1H3/t14-,22+;13-,20+/m11/s1. The third-order valence-corrected chi connectivity index (χ3v) is 16.0. The fourth-order valence-electron chi connectivity index (χ4n) is 9.23. The lowest BCUT2D eigenvalue weighted by molar-refractivity contribution is -0.173. The number of aliphatic hydroxyl groups excluding tert-OH is 1. The van der Waals surface area contributed by atoms with Gasteiger partial charge in [-0.3, -0.25) is 38.5 Å². The van der Waals surface area contributed by atoms with Crippen molar-refractivity contribution >= 4 is 64.5 Å². The van der Waals surface area contributed by atoms with Crippen molar-refractivity contribution in [3.8, 4) is 11.5 Å². The molecule has 0 fully saturated rings. The Kier molecular flexibility index (Phi) is 14.3. The highest BCUT2D eigenvalue weighted by Crippen LogP contribution is 2.47. The molecule has 0 radical (unpaired) electrons. The van der Waals surface area contributed by atoms with E-state index < -0.39 is 108 Å². The number of aliphatic hydroxyl groups is 1. The maximum absolute atomic E-state index is 14.0. The first-order valence-corrected chi connectivity index (χ1v) is 25.1. The van der Waals surface area contributed by atoms with E-state index in [-0.39, 0.29) is 0 Å². The zero-order valence-corrected chi connectivity index (χ0v) is 41.7. The normalized spacial score (nSPS) is 18.0. The average Bonchev–Trinajstić information content (AvgIpc) is 3.64. The van der Waals surface area contributed by atoms with Gasteiger partial charge in [-0.05, 0) is 71.5 Å². The van der Waals surface area contributed by atoms with E-state index in [1.807, 2.05) is 54.6 Å². The van der Waals surface area contributed by atoms with E-state index >= 15 is 0 Å². The highest BCUT2D eigenvalue weighted by atomic mass is 35.5. The second kappa shape index (κ2) is 20.3. The number of benzene rings is 4. The summed E-state index contributed by atoms with van der Waals surface area (Å²) in [6, 6.07) is 21.8. The summed E-state index contributed by atoms with van der Waals surface area (Å²) >= 11 is 16.2. The van der Waals surface area contributed by atoms with Gasteiger partial charge in [0.05, 0.1) is 12.1 Å². The molecule has 4 aliphatic heterocycles. The summed E-state index contributed by atoms with van der Waals surface area (Å²) in [4.78, 5) is 66.6. The van der Waals surface area contributed by atoms with E-state index in [2.05, 4.69) is 0 Å². The van der Waals surface area contributed by atoms with Gasteiger partial charge in [0.25, 0.3) is 11.8 Å². The van der Waals surface area contributed by atoms with Gasteiger partial charge in [-0.15, -0.1) is 23.5 Å². The van der Waals surface area contributed by atoms with Crippen LogP contribution in [0.1, 0.15) is 80.3 Å². The molecule has 14 nitrogen and oxygen atoms in total. The van der Waals surface area contributed by atoms with Crippen LogP contribution in [-0.2, 0) is 16.3 Å². The molecular weight excluding hydrogens is 1060 g/mol. The monoisotopic (exact) mass is 1100 g/mol. The van der Waals surface area contributed by atoms with Gasteiger partial charge < -0.3 is 24.7 Å². The molecule has 4 atom stereocenters. The second-order valence-corrected chi connectivity index (χ2v) is 20.1. The Bertz CT molecular complexity index is 3360. The van der Waals surface area contributed by atoms with Crippen molar-refractivity contribution in [3.05, 3.63) is 185 Å². The molecule has 4 aromatic carbocycles. The minimum absolute atomic E-state index is 0.440. The molecule has 0 spiro atoms. The number of amides is 2. The first kappa shape index (κ1) is 52.3. The number of carbonyl (C=O) groups is 3. The molecule has 6 heterocycles. The fourth-order valence-corrected chi connectivity index (χ4v) is 12.2. The minimum Gasteiger partial charge on any atom is -0.502 e. The lowest BCUT2D eigenvalue weighted by Gasteiger charge is -2.46. The topological polar surface area (TPSA) is 158 Å². The average molecular weight is 1100 g/mol. The number of pyridine rings is 2. The van der Waals surface area contributed by atoms with Gasteiger partial charge in [0, 0.05) is 55.9 Å². The number of nitrogens with zero attached hydrogens (tertiary/aromatic N) is 6. The number of alkyl halides is 6. The van der Waals surface area contributed by atoms with Gasteiger partial charge in [-0.2, -0.15) is 26.3 Å². The van der Waals surface area contributed by atoms with Gasteiger partial charge in [-0.25, -0.2) is 4.79 Å². The highest BCUT2D eigenvalue weighted by molar-refractivity contribution is 7.98. The summed E-state index contributed by atoms with van der Waals surface area (Å²) < 4.78 is 90.7. The number of carbonyl (C=O) groups excluding carboxylic acids is 3. The Morgan fingerprint density at radius 2 is 1.05 bits per heavy atom. The van der Waals surface area contributed by atoms with E-state index in [4.69, 9.17) is 27.9 Å². The number of ether oxygens (including phenoxy) is 1. The van der Waals surface area contributed by atoms with Crippen LogP contribution in [0.2, 0.25) is 10.0 Å². The summed E-state index contributed by atoms with van der Waals surface area (Å²) in [7, 11) is 0. The SMILES string of the molecule is C[C@@H](N1CN([C@@H]2c3ccccc3SCc3c(Cl)cccc32)n2ccc(=O)c(O)c2C1=O)C(F)(F)F.C[C@@H](N1CN([C@@H]2c3ccccc3SCc3c(Cl)cccc32)n2ccc(=O)c(OC(=O)CO)c2C1=O)C(F)(F)F. The zero-order chi connectivity index (χ0) is 53.1. The van der Waals surface area contributed by atoms with Crippen LogP contribution >= 0.6 is 46.7 Å². The number of thioether (sulfide) groups is 2. The third-order valence-electron chi connectivity index (χ3n) is 13.1. The summed E-state index contributed by atoms with van der Waals surface area (Å²) in [5, 5.41) is 23.7. The van der Waals surface area contributed by atoms with Gasteiger partial charge in [0.1, 0.15) is 32.0 Å². The number of esters is 1. The van der Waals surface area contributed by atoms with E-state index in [0.717, 1.165) is 63.6 Å². The molecule has 10 rings (SSSR count). The second-order valence-electron chi connectivity index (χ2n) is 17.3. The minimum atomic E-state index is -4.79. The van der Waals surface area contributed by atoms with Gasteiger partial charge in [0.15, 0.2) is 17.1 Å². The first-order valence-electron chi connectivity index (χ1n) is 22.4. The molecule has 2 aromatic heterocycles. The summed E-state index contributed by atoms with van der Waals surface area (Å²) in [6.45, 7) is -0.338. The molecular formula is C50H40Cl2F6N6O8S2. The van der Waals surface area contributed by atoms with Gasteiger partial charge >= 0.3 is 18.3 Å². The van der Waals surface area contributed by atoms with Crippen LogP contribution in [0.4, 0.5) is 26.3 Å². The van der Waals surface area contributed by atoms with Crippen molar-refractivity contribution < 1.29 is 55.7 Å². The van der Waals surface area contributed by atoms with E-state index in [1.165, 1.54) is 38.5 Å². The van der Waals surface area contributed by atoms with Crippen LogP contribution in [0.5, 0.6) is 11.5 Å². The Hall–Kier alpha value is -6.59. The number of rotatable bonds is 6. The molecule has 6 aromatic rings. The number of hydrogen-bond donors (Lipinski definition) is 2. The third kappa shape index (κ3) is 9.46. The lowest BCUT2D eigenvalue weighted by atomic mass is 9.94. The maximum Gasteiger partial charge on any atom is 0.408 e. The highest BCUT2D eigenvalue weighted by Gasteiger charge is 2.50. The fraction of sp³-hybridized carbons (Fsp3) is 0.260. The largest absolute Gasteiger partial charge is 0.502 e. The molecule has 2 amide bonds. The predicted octanol–water partition coefficient (Wildman–Crippen LogP) is 9.00. The van der Waals surface area contributed by atoms with Gasteiger partial charge in [0.2, 0.25) is 16.6 Å². The molecule has 2 N–H and O–H groups in total. The molecule has 0 bridgehead atoms. The van der Waals surface area contributed by atoms with Crippen LogP contribution in [-0.4, -0.2) is 91.5 Å². The van der Waals surface area contributed by atoms with Gasteiger partial charge in [-0.1, -0.05) is 83.9 Å². The van der Waals surface area contributed by atoms with E-state index in [0.29, 0.717) is 36.9 Å². The Balaban J connectivity index is 0.000000183. The number of halogens is 8. The number of aromatic hydroxyl groups is 1. The van der Waals surface area contributed by atoms with Crippen LogP contribution in [0.25, 0.3) is 0 Å². The summed E-state index contributed by atoms with van der Waals surface area (Å²) in [5.74, 6) is -4.11. The van der Waals surface area contributed by atoms with Crippen LogP contribution in [0.3, 0.4) is 0 Å². The molecule has 0 aliphatic carbocycles. The number of aromatic nitrogens is 2. The first-order chi connectivity index (χ1) is 35.1. The molecule has 24 heteroatoms. The molecule has 0 saturated carbocycles. The summed E-state index contributed by atoms with van der Waals surface area (Å²) in [6.07, 6.45) is -6.95. The van der Waals surface area contributed by atoms with Crippen LogP contribution in [0, 0.1) is 0 Å².